The Morgan fingerprint density at radius 2 is 0.455 bits per heavy atom. The second-order valence-electron chi connectivity index (χ2n) is 24.6. The number of alkyl carbamates (subject to hydrolysis) is 4. The van der Waals surface area contributed by atoms with Crippen LogP contribution in [0.4, 0.5) is 38.4 Å². The second-order valence-corrected chi connectivity index (χ2v) is 24.6. The molecule has 99 heavy (non-hydrogen) atoms. The molecule has 12 amide bonds. The fourth-order valence-corrected chi connectivity index (χ4v) is 10.3. The van der Waals surface area contributed by atoms with Crippen molar-refractivity contribution in [3.05, 3.63) is 0 Å². The minimum Gasteiger partial charge on any atom is -0.453 e. The molecule has 0 aromatic carbocycles. The largest absolute Gasteiger partial charge is 0.453 e. The van der Waals surface area contributed by atoms with E-state index in [0.29, 0.717) is 112 Å². The molecule has 30 heteroatoms. The van der Waals surface area contributed by atoms with Crippen molar-refractivity contribution in [2.24, 2.45) is 0 Å². The molecule has 0 aromatic heterocycles. The quantitative estimate of drug-likeness (QED) is 0.0199. The van der Waals surface area contributed by atoms with E-state index in [-0.39, 0.29) is 68.1 Å². The highest BCUT2D eigenvalue weighted by Crippen LogP contribution is 2.20. The molecule has 2 aliphatic carbocycles. The van der Waals surface area contributed by atoms with E-state index in [0.717, 1.165) is 212 Å². The molecule has 2 fully saturated rings. The van der Waals surface area contributed by atoms with Gasteiger partial charge in [0.2, 0.25) is 0 Å². The predicted molar refractivity (Wildman–Crippen MR) is 380 cm³/mol. The van der Waals surface area contributed by atoms with Crippen LogP contribution < -0.4 is 63.8 Å². The number of nitrogens with one attached hydrogen (secondary N) is 12. The summed E-state index contributed by atoms with van der Waals surface area (Å²) in [4.78, 5) is 96.3. The van der Waals surface area contributed by atoms with Crippen LogP contribution in [0.3, 0.4) is 0 Å². The highest BCUT2D eigenvalue weighted by molar-refractivity contribution is 5.77. The molecule has 0 bridgehead atoms. The molecule has 0 radical (unpaired) electrons. The van der Waals surface area contributed by atoms with Crippen LogP contribution in [0, 0.1) is 0 Å². The van der Waals surface area contributed by atoms with Gasteiger partial charge in [-0.25, -0.2) is 38.4 Å². The predicted octanol–water partition coefficient (Wildman–Crippen LogP) is 9.07. The van der Waals surface area contributed by atoms with E-state index < -0.39 is 24.4 Å². The second kappa shape index (κ2) is 69.0. The molecule has 0 aliphatic heterocycles. The zero-order valence-electron chi connectivity index (χ0n) is 61.1. The van der Waals surface area contributed by atoms with Gasteiger partial charge in [0, 0.05) is 72.2 Å². The highest BCUT2D eigenvalue weighted by Gasteiger charge is 2.29. The van der Waals surface area contributed by atoms with Gasteiger partial charge in [-0.05, 0) is 96.3 Å². The van der Waals surface area contributed by atoms with Gasteiger partial charge in [0.15, 0.2) is 0 Å². The maximum absolute atomic E-state index is 12.6. The fourth-order valence-electron chi connectivity index (χ4n) is 10.3. The van der Waals surface area contributed by atoms with Crippen molar-refractivity contribution in [2.75, 3.05) is 159 Å². The van der Waals surface area contributed by atoms with E-state index in [2.05, 4.69) is 89.3 Å². The van der Waals surface area contributed by atoms with Gasteiger partial charge in [-0.1, -0.05) is 117 Å². The van der Waals surface area contributed by atoms with Gasteiger partial charge < -0.3 is 111 Å². The first-order valence-electron chi connectivity index (χ1n) is 37.6. The lowest BCUT2D eigenvalue weighted by molar-refractivity contribution is 0.0274. The Morgan fingerprint density at radius 3 is 0.677 bits per heavy atom. The Kier molecular flexibility index (Phi) is 63.4. The number of urea groups is 4. The van der Waals surface area contributed by atoms with Crippen LogP contribution in [-0.4, -0.2) is 231 Å². The van der Waals surface area contributed by atoms with Crippen LogP contribution in [0.1, 0.15) is 213 Å². The molecule has 578 valence electrons. The Bertz CT molecular complexity index is 1920. The Morgan fingerprint density at radius 1 is 0.253 bits per heavy atom. The number of rotatable bonds is 59. The van der Waals surface area contributed by atoms with Gasteiger partial charge in [-0.3, -0.25) is 0 Å². The molecule has 0 saturated heterocycles. The molecule has 2 aliphatic rings. The molecule has 2 saturated carbocycles. The topological polar surface area (TPSA) is 373 Å². The molecule has 0 heterocycles. The highest BCUT2D eigenvalue weighted by atomic mass is 16.6. The third kappa shape index (κ3) is 60.4. The van der Waals surface area contributed by atoms with Crippen molar-refractivity contribution in [3.63, 3.8) is 0 Å². The van der Waals surface area contributed by atoms with E-state index in [1.807, 2.05) is 0 Å². The molecule has 0 aromatic rings. The van der Waals surface area contributed by atoms with Crippen LogP contribution in [0.15, 0.2) is 0 Å². The van der Waals surface area contributed by atoms with Crippen LogP contribution in [0.2, 0.25) is 0 Å². The van der Waals surface area contributed by atoms with E-state index in [9.17, 15) is 38.4 Å². The van der Waals surface area contributed by atoms with Crippen molar-refractivity contribution in [1.29, 1.82) is 0 Å². The molecule has 2 rings (SSSR count). The number of amides is 12. The molecular formula is C69H134N12O18. The maximum Gasteiger partial charge on any atom is 0.407 e. The summed E-state index contributed by atoms with van der Waals surface area (Å²) < 4.78 is 52.1. The normalized spacial score (nSPS) is 15.5. The lowest BCUT2D eigenvalue weighted by atomic mass is 9.90. The Hall–Kier alpha value is -6.08. The third-order valence-electron chi connectivity index (χ3n) is 16.0. The summed E-state index contributed by atoms with van der Waals surface area (Å²) >= 11 is 0. The number of hydrogen-bond acceptors (Lipinski definition) is 18. The summed E-state index contributed by atoms with van der Waals surface area (Å²) in [5.41, 5.74) is 0. The first-order valence-corrected chi connectivity index (χ1v) is 37.6. The van der Waals surface area contributed by atoms with E-state index in [1.54, 1.807) is 0 Å². The lowest BCUT2D eigenvalue weighted by Crippen LogP contribution is -2.56. The van der Waals surface area contributed by atoms with Gasteiger partial charge in [-0.15, -0.1) is 0 Å². The molecule has 0 unspecified atom stereocenters. The Balaban J connectivity index is 0.00000101. The average molecular weight is 1420 g/mol. The van der Waals surface area contributed by atoms with Gasteiger partial charge in [0.05, 0.1) is 90.7 Å². The average Bonchev–Trinajstić information content (AvgIpc) is 0.961. The summed E-state index contributed by atoms with van der Waals surface area (Å²) in [7, 11) is 1.34. The lowest BCUT2D eigenvalue weighted by Gasteiger charge is -2.32. The smallest absolute Gasteiger partial charge is 0.407 e. The number of hydrogen-bond donors (Lipinski definition) is 12. The zero-order valence-corrected chi connectivity index (χ0v) is 61.1. The summed E-state index contributed by atoms with van der Waals surface area (Å²) in [5, 5.41) is 34.7. The molecular weight excluding hydrogens is 1280 g/mol. The van der Waals surface area contributed by atoms with Gasteiger partial charge >= 0.3 is 48.5 Å². The number of unbranched alkanes of at least 4 members (excludes halogenated alkanes) is 15. The summed E-state index contributed by atoms with van der Waals surface area (Å²) in [6, 6.07) is -1.30. The SMILES string of the molecule is CCCCOCCOCCOC(=O)NCCCCCCNC(=O)N[C@@H]1CCCC[C@H]1NC(=O)NCCCCCCNC(=O)OCCOCCOCCCC.CCCCOCCOCCOC(=O)NCCCCCCNC(=O)N[C@H]1CCCC[C@@H]1NC(=O)NCCCCCCNC(=O)OC. The first-order chi connectivity index (χ1) is 48.4. The summed E-state index contributed by atoms with van der Waals surface area (Å²) in [6.45, 7) is 17.8. The number of carbonyl (C=O) groups excluding carboxylic acids is 8. The van der Waals surface area contributed by atoms with Gasteiger partial charge in [0.25, 0.3) is 0 Å². The fraction of sp³-hybridized carbons (Fsp3) is 0.884. The van der Waals surface area contributed by atoms with Crippen LogP contribution in [-0.2, 0) is 47.4 Å². The summed E-state index contributed by atoms with van der Waals surface area (Å²) in [5.74, 6) is 0. The van der Waals surface area contributed by atoms with Gasteiger partial charge in [0.1, 0.15) is 19.8 Å². The Labute approximate surface area is 592 Å². The molecule has 12 N–H and O–H groups in total. The maximum atomic E-state index is 12.6. The molecule has 0 spiro atoms. The third-order valence-corrected chi connectivity index (χ3v) is 16.0. The van der Waals surface area contributed by atoms with E-state index >= 15 is 0 Å². The van der Waals surface area contributed by atoms with Crippen LogP contribution in [0.25, 0.3) is 0 Å². The van der Waals surface area contributed by atoms with E-state index in [1.165, 1.54) is 7.11 Å². The van der Waals surface area contributed by atoms with Crippen LogP contribution >= 0.6 is 0 Å². The first kappa shape index (κ1) is 90.9. The van der Waals surface area contributed by atoms with Crippen LogP contribution in [0.5, 0.6) is 0 Å². The van der Waals surface area contributed by atoms with E-state index in [4.69, 9.17) is 42.6 Å². The van der Waals surface area contributed by atoms with Crippen molar-refractivity contribution in [3.8, 4) is 0 Å². The van der Waals surface area contributed by atoms with Crippen molar-refractivity contribution in [2.45, 2.75) is 238 Å². The van der Waals surface area contributed by atoms with Gasteiger partial charge in [-0.2, -0.15) is 0 Å². The molecule has 4 atom stereocenters. The zero-order chi connectivity index (χ0) is 72.0. The van der Waals surface area contributed by atoms with Crippen molar-refractivity contribution < 1.29 is 85.7 Å². The standard InChI is InChI=1S/C38H74N6O10.C31H60N6O8/c1-3-5-23-49-25-27-51-29-31-53-37(47)41-21-15-9-7-13-19-39-35(45)43-33-17-11-12-18-34(33)44-36(46)40-20-14-8-10-16-22-42-38(48)54-32-30-52-28-26-50-24-6-4-2;1-3-4-21-43-22-23-44-24-25-45-31(41)35-20-14-8-6-12-18-33-29(39)37-27-16-10-9-15-26(27)36-28(38)32-17-11-5-7-13-19-34-30(40)42-2/h33-34H,3-32H2,1-2H3,(H,41,47)(H,42,48)(H2,39,43,45)(H2,40,44,46);26-27H,3-25H2,1-2H3,(H,34,40)(H,35,41)(H2,32,36,38)(H2,33,37,39)/t33-,34-;26-,27-/m10/s1. The molecule has 30 nitrogen and oxygen atoms in total. The minimum atomic E-state index is -0.445. The van der Waals surface area contributed by atoms with Crippen molar-refractivity contribution in [1.82, 2.24) is 63.8 Å². The number of carbonyl (C=O) groups is 8. The van der Waals surface area contributed by atoms with Crippen molar-refractivity contribution >= 4 is 48.5 Å². The number of methoxy groups -OCH3 is 1. The monoisotopic (exact) mass is 1420 g/mol. The minimum absolute atomic E-state index is 0.101. The number of ether oxygens (including phenoxy) is 10. The summed E-state index contributed by atoms with van der Waals surface area (Å²) in [6.07, 6.45) is 26.2.